The number of carbonyl (C=O) groups excluding carboxylic acids is 1. The van der Waals surface area contributed by atoms with Crippen LogP contribution in [-0.2, 0) is 10.0 Å². The normalized spacial score (nSPS) is 11.1. The fourth-order valence-electron chi connectivity index (χ4n) is 2.68. The number of halogens is 1. The molecule has 3 aromatic rings. The zero-order valence-corrected chi connectivity index (χ0v) is 17.9. The van der Waals surface area contributed by atoms with E-state index in [4.69, 9.17) is 11.6 Å². The van der Waals surface area contributed by atoms with Crippen LogP contribution < -0.4 is 10.0 Å². The maximum absolute atomic E-state index is 12.6. The Labute approximate surface area is 182 Å². The summed E-state index contributed by atoms with van der Waals surface area (Å²) in [5, 5.41) is 13.2. The molecule has 2 N–H and O–H groups in total. The van der Waals surface area contributed by atoms with Crippen molar-refractivity contribution in [2.24, 2.45) is 0 Å². The Morgan fingerprint density at radius 3 is 2.32 bits per heavy atom. The molecule has 0 spiro atoms. The van der Waals surface area contributed by atoms with Gasteiger partial charge in [-0.2, -0.15) is 0 Å². The highest BCUT2D eigenvalue weighted by Crippen LogP contribution is 2.25. The van der Waals surface area contributed by atoms with Crippen LogP contribution in [-0.4, -0.2) is 29.2 Å². The number of hydrogen-bond donors (Lipinski definition) is 2. The first-order chi connectivity index (χ1) is 14.5. The smallest absolute Gasteiger partial charge is 0.287 e. The van der Waals surface area contributed by atoms with Gasteiger partial charge in [-0.25, -0.2) is 18.4 Å². The zero-order valence-electron chi connectivity index (χ0n) is 16.3. The molecule has 0 saturated heterocycles. The number of anilines is 2. The SMILES string of the molecule is Cc1cc(NS(=O)(=O)c2ccc(NC(=O)c3ccc([N+](=O)[O-])c(Cl)c3)cc2)nc(C)n1. The zero-order chi connectivity index (χ0) is 22.8. The van der Waals surface area contributed by atoms with Crippen LogP contribution >= 0.6 is 11.6 Å². The molecule has 0 aliphatic carbocycles. The highest BCUT2D eigenvalue weighted by molar-refractivity contribution is 7.92. The minimum atomic E-state index is -3.90. The number of aryl methyl sites for hydroxylation is 2. The molecular formula is C19H16ClN5O5S. The lowest BCUT2D eigenvalue weighted by molar-refractivity contribution is -0.384. The molecule has 0 atom stereocenters. The molecule has 0 fully saturated rings. The highest BCUT2D eigenvalue weighted by atomic mass is 35.5. The van der Waals surface area contributed by atoms with Gasteiger partial charge in [0, 0.05) is 29.1 Å². The Kier molecular flexibility index (Phi) is 6.18. The molecule has 1 heterocycles. The summed E-state index contributed by atoms with van der Waals surface area (Å²) < 4.78 is 27.5. The van der Waals surface area contributed by atoms with Crippen molar-refractivity contribution in [1.29, 1.82) is 0 Å². The Balaban J connectivity index is 1.74. The molecule has 12 heteroatoms. The number of amides is 1. The fourth-order valence-corrected chi connectivity index (χ4v) is 3.92. The van der Waals surface area contributed by atoms with Gasteiger partial charge < -0.3 is 5.32 Å². The van der Waals surface area contributed by atoms with E-state index in [2.05, 4.69) is 20.0 Å². The van der Waals surface area contributed by atoms with Crippen LogP contribution in [0, 0.1) is 24.0 Å². The van der Waals surface area contributed by atoms with Crippen molar-refractivity contribution in [2.75, 3.05) is 10.0 Å². The van der Waals surface area contributed by atoms with E-state index < -0.39 is 20.9 Å². The first-order valence-electron chi connectivity index (χ1n) is 8.75. The molecule has 31 heavy (non-hydrogen) atoms. The lowest BCUT2D eigenvalue weighted by Crippen LogP contribution is -2.15. The van der Waals surface area contributed by atoms with Crippen LogP contribution in [0.5, 0.6) is 0 Å². The van der Waals surface area contributed by atoms with E-state index in [-0.39, 0.29) is 27.0 Å². The van der Waals surface area contributed by atoms with Crippen LogP contribution in [0.4, 0.5) is 17.2 Å². The van der Waals surface area contributed by atoms with Gasteiger partial charge in [0.25, 0.3) is 21.6 Å². The van der Waals surface area contributed by atoms with Gasteiger partial charge in [-0.3, -0.25) is 19.6 Å². The number of sulfonamides is 1. The molecule has 0 bridgehead atoms. The van der Waals surface area contributed by atoms with Crippen molar-refractivity contribution in [1.82, 2.24) is 9.97 Å². The molecule has 10 nitrogen and oxygen atoms in total. The number of rotatable bonds is 6. The first kappa shape index (κ1) is 22.1. The maximum Gasteiger partial charge on any atom is 0.287 e. The number of nitrogens with zero attached hydrogens (tertiary/aromatic N) is 3. The second kappa shape index (κ2) is 8.66. The van der Waals surface area contributed by atoms with Crippen molar-refractivity contribution in [3.63, 3.8) is 0 Å². The van der Waals surface area contributed by atoms with Gasteiger partial charge in [-0.05, 0) is 50.2 Å². The molecular weight excluding hydrogens is 446 g/mol. The fraction of sp³-hybridized carbons (Fsp3) is 0.105. The summed E-state index contributed by atoms with van der Waals surface area (Å²) in [5.41, 5.74) is 0.750. The average Bonchev–Trinajstić information content (AvgIpc) is 2.66. The third-order valence-corrected chi connectivity index (χ3v) is 5.71. The average molecular weight is 462 g/mol. The van der Waals surface area contributed by atoms with E-state index in [9.17, 15) is 23.3 Å². The minimum Gasteiger partial charge on any atom is -0.322 e. The number of nitrogens with one attached hydrogen (secondary N) is 2. The molecule has 1 aromatic heterocycles. The molecule has 2 aromatic carbocycles. The van der Waals surface area contributed by atoms with Crippen molar-refractivity contribution in [2.45, 2.75) is 18.7 Å². The summed E-state index contributed by atoms with van der Waals surface area (Å²) in [6.07, 6.45) is 0. The topological polar surface area (TPSA) is 144 Å². The standard InChI is InChI=1S/C19H16ClN5O5S/c1-11-9-18(22-12(2)21-11)24-31(29,30)15-6-4-14(5-7-15)23-19(26)13-3-8-17(25(27)28)16(20)10-13/h3-10H,1-2H3,(H,23,26)(H,21,22,24). The van der Waals surface area contributed by atoms with E-state index in [1.807, 2.05) is 0 Å². The molecule has 0 saturated carbocycles. The summed E-state index contributed by atoms with van der Waals surface area (Å²) in [6.45, 7) is 3.38. The molecule has 3 rings (SSSR count). The summed E-state index contributed by atoms with van der Waals surface area (Å²) in [4.78, 5) is 30.6. The number of hydrogen-bond acceptors (Lipinski definition) is 7. The quantitative estimate of drug-likeness (QED) is 0.420. The largest absolute Gasteiger partial charge is 0.322 e. The summed E-state index contributed by atoms with van der Waals surface area (Å²) in [5.74, 6) is 0.0250. The van der Waals surface area contributed by atoms with Crippen LogP contribution in [0.3, 0.4) is 0 Å². The second-order valence-corrected chi connectivity index (χ2v) is 8.54. The van der Waals surface area contributed by atoms with Crippen LogP contribution in [0.1, 0.15) is 21.9 Å². The van der Waals surface area contributed by atoms with Gasteiger partial charge in [0.1, 0.15) is 16.7 Å². The predicted octanol–water partition coefficient (Wildman–Crippen LogP) is 3.71. The van der Waals surface area contributed by atoms with Crippen molar-refractivity contribution < 1.29 is 18.1 Å². The number of nitro groups is 1. The third kappa shape index (κ3) is 5.32. The number of nitro benzene ring substituents is 1. The predicted molar refractivity (Wildman–Crippen MR) is 115 cm³/mol. The number of benzene rings is 2. The molecule has 0 aliphatic rings. The highest BCUT2D eigenvalue weighted by Gasteiger charge is 2.17. The number of carbonyl (C=O) groups is 1. The van der Waals surface area contributed by atoms with Crippen LogP contribution in [0.15, 0.2) is 53.4 Å². The van der Waals surface area contributed by atoms with Crippen molar-refractivity contribution in [3.8, 4) is 0 Å². The van der Waals surface area contributed by atoms with Gasteiger partial charge in [-0.1, -0.05) is 11.6 Å². The lowest BCUT2D eigenvalue weighted by Gasteiger charge is -2.10. The van der Waals surface area contributed by atoms with E-state index in [0.717, 1.165) is 6.07 Å². The van der Waals surface area contributed by atoms with Gasteiger partial charge in [0.15, 0.2) is 0 Å². The van der Waals surface area contributed by atoms with Gasteiger partial charge >= 0.3 is 0 Å². The van der Waals surface area contributed by atoms with Crippen molar-refractivity contribution >= 4 is 44.7 Å². The summed E-state index contributed by atoms with van der Waals surface area (Å²) in [7, 11) is -3.90. The minimum absolute atomic E-state index is 0.0298. The number of aromatic nitrogens is 2. The third-order valence-electron chi connectivity index (χ3n) is 4.03. The Bertz CT molecular complexity index is 1260. The van der Waals surface area contributed by atoms with E-state index in [1.165, 1.54) is 42.5 Å². The van der Waals surface area contributed by atoms with Gasteiger partial charge in [-0.15, -0.1) is 0 Å². The molecule has 0 radical (unpaired) electrons. The Morgan fingerprint density at radius 1 is 1.06 bits per heavy atom. The van der Waals surface area contributed by atoms with Gasteiger partial charge in [0.05, 0.1) is 9.82 Å². The molecule has 0 aliphatic heterocycles. The summed E-state index contributed by atoms with van der Waals surface area (Å²) >= 11 is 5.82. The van der Waals surface area contributed by atoms with Crippen LogP contribution in [0.2, 0.25) is 5.02 Å². The Hall–Kier alpha value is -3.57. The summed E-state index contributed by atoms with van der Waals surface area (Å²) in [6, 6.07) is 10.6. The second-order valence-electron chi connectivity index (χ2n) is 6.45. The lowest BCUT2D eigenvalue weighted by atomic mass is 10.2. The monoisotopic (exact) mass is 461 g/mol. The Morgan fingerprint density at radius 2 is 1.74 bits per heavy atom. The molecule has 160 valence electrons. The molecule has 1 amide bonds. The van der Waals surface area contributed by atoms with E-state index >= 15 is 0 Å². The van der Waals surface area contributed by atoms with Crippen LogP contribution in [0.25, 0.3) is 0 Å². The molecule has 0 unspecified atom stereocenters. The van der Waals surface area contributed by atoms with E-state index in [0.29, 0.717) is 17.2 Å². The van der Waals surface area contributed by atoms with E-state index in [1.54, 1.807) is 13.8 Å². The maximum atomic E-state index is 12.6. The first-order valence-corrected chi connectivity index (χ1v) is 10.6. The van der Waals surface area contributed by atoms with Gasteiger partial charge in [0.2, 0.25) is 0 Å². The van der Waals surface area contributed by atoms with Crippen molar-refractivity contribution in [3.05, 3.63) is 80.7 Å².